The lowest BCUT2D eigenvalue weighted by Crippen LogP contribution is -2.43. The van der Waals surface area contributed by atoms with Gasteiger partial charge in [0.1, 0.15) is 0 Å². The van der Waals surface area contributed by atoms with Gasteiger partial charge in [-0.2, -0.15) is 0 Å². The number of benzene rings is 3. The highest BCUT2D eigenvalue weighted by molar-refractivity contribution is 6.35. The molecule has 3 amide bonds. The molecule has 0 radical (unpaired) electrons. The van der Waals surface area contributed by atoms with Crippen molar-refractivity contribution in [1.29, 1.82) is 0 Å². The van der Waals surface area contributed by atoms with E-state index in [1.807, 2.05) is 36.4 Å². The van der Waals surface area contributed by atoms with Crippen LogP contribution in [0, 0.1) is 6.92 Å². The molecule has 0 bridgehead atoms. The molecule has 8 heteroatoms. The second-order valence-corrected chi connectivity index (χ2v) is 8.49. The summed E-state index contributed by atoms with van der Waals surface area (Å²) in [6.07, 6.45) is 0.314. The molecule has 182 valence electrons. The van der Waals surface area contributed by atoms with Gasteiger partial charge in [0.2, 0.25) is 0 Å². The molecule has 0 unspecified atom stereocenters. The molecule has 1 N–H and O–H groups in total. The molecule has 0 spiro atoms. The lowest BCUT2D eigenvalue weighted by atomic mass is 10.0. The number of esters is 1. The first-order valence-corrected chi connectivity index (χ1v) is 11.4. The van der Waals surface area contributed by atoms with E-state index in [0.717, 1.165) is 16.0 Å². The maximum Gasteiger partial charge on any atom is 0.338 e. The third-order valence-corrected chi connectivity index (χ3v) is 5.92. The number of ketones is 1. The number of para-hydroxylation sites is 1. The van der Waals surface area contributed by atoms with Gasteiger partial charge in [0.25, 0.3) is 17.7 Å². The molecule has 0 aliphatic carbocycles. The highest BCUT2D eigenvalue weighted by atomic mass is 16.5. The molecule has 1 atom stereocenters. The van der Waals surface area contributed by atoms with Crippen LogP contribution in [0.1, 0.15) is 49.1 Å². The maximum absolute atomic E-state index is 13.0. The molecular weight excluding hydrogens is 460 g/mol. The lowest BCUT2D eigenvalue weighted by molar-refractivity contribution is -0.128. The average Bonchev–Trinajstić information content (AvgIpc) is 3.12. The van der Waals surface area contributed by atoms with Crippen molar-refractivity contribution in [1.82, 2.24) is 5.32 Å². The first-order valence-electron chi connectivity index (χ1n) is 11.4. The number of ether oxygens (including phenoxy) is 1. The van der Waals surface area contributed by atoms with E-state index in [4.69, 9.17) is 4.74 Å². The van der Waals surface area contributed by atoms with Crippen molar-refractivity contribution in [2.45, 2.75) is 26.3 Å². The van der Waals surface area contributed by atoms with Crippen LogP contribution in [0.4, 0.5) is 5.69 Å². The van der Waals surface area contributed by atoms with Crippen LogP contribution in [0.3, 0.4) is 0 Å². The molecule has 36 heavy (non-hydrogen) atoms. The van der Waals surface area contributed by atoms with Crippen molar-refractivity contribution >= 4 is 35.2 Å². The fourth-order valence-electron chi connectivity index (χ4n) is 4.00. The van der Waals surface area contributed by atoms with Crippen molar-refractivity contribution in [3.8, 4) is 0 Å². The summed E-state index contributed by atoms with van der Waals surface area (Å²) in [5, 5.41) is 2.58. The Kier molecular flexibility index (Phi) is 7.05. The van der Waals surface area contributed by atoms with Crippen molar-refractivity contribution in [2.75, 3.05) is 11.5 Å². The monoisotopic (exact) mass is 484 g/mol. The van der Waals surface area contributed by atoms with Crippen LogP contribution in [0.15, 0.2) is 72.8 Å². The summed E-state index contributed by atoms with van der Waals surface area (Å²) in [5.74, 6) is -2.69. The van der Waals surface area contributed by atoms with Gasteiger partial charge in [-0.15, -0.1) is 0 Å². The normalized spacial score (nSPS) is 13.2. The number of hydrogen-bond acceptors (Lipinski definition) is 6. The van der Waals surface area contributed by atoms with E-state index < -0.39 is 36.3 Å². The van der Waals surface area contributed by atoms with Gasteiger partial charge in [0.05, 0.1) is 28.4 Å². The van der Waals surface area contributed by atoms with Crippen LogP contribution in [-0.2, 0) is 20.7 Å². The Hall–Kier alpha value is -4.59. The molecule has 8 nitrogen and oxygen atoms in total. The fraction of sp³-hybridized carbons (Fsp3) is 0.179. The number of nitrogens with zero attached hydrogens (tertiary/aromatic N) is 1. The first-order chi connectivity index (χ1) is 17.3. The molecular formula is C28H24N2O6. The van der Waals surface area contributed by atoms with Crippen molar-refractivity contribution in [3.05, 3.63) is 101 Å². The van der Waals surface area contributed by atoms with Gasteiger partial charge in [0, 0.05) is 0 Å². The van der Waals surface area contributed by atoms with Crippen molar-refractivity contribution in [3.63, 3.8) is 0 Å². The van der Waals surface area contributed by atoms with E-state index in [0.29, 0.717) is 12.1 Å². The highest BCUT2D eigenvalue weighted by Crippen LogP contribution is 2.31. The third kappa shape index (κ3) is 5.07. The quantitative estimate of drug-likeness (QED) is 0.388. The van der Waals surface area contributed by atoms with Gasteiger partial charge in [-0.05, 0) is 55.7 Å². The number of aryl methyl sites for hydroxylation is 1. The Morgan fingerprint density at radius 2 is 1.56 bits per heavy atom. The number of carbonyl (C=O) groups is 5. The molecule has 1 aliphatic rings. The molecule has 0 fully saturated rings. The first kappa shape index (κ1) is 24.5. The minimum absolute atomic E-state index is 0.0294. The van der Waals surface area contributed by atoms with Gasteiger partial charge in [-0.1, -0.05) is 48.5 Å². The minimum atomic E-state index is -0.829. The Balaban J connectivity index is 1.41. The Morgan fingerprint density at radius 3 is 2.25 bits per heavy atom. The predicted octanol–water partition coefficient (Wildman–Crippen LogP) is 3.27. The van der Waals surface area contributed by atoms with E-state index in [2.05, 4.69) is 5.32 Å². The highest BCUT2D eigenvalue weighted by Gasteiger charge is 2.37. The summed E-state index contributed by atoms with van der Waals surface area (Å²) in [5.41, 5.74) is 2.41. The molecule has 1 aliphatic heterocycles. The van der Waals surface area contributed by atoms with E-state index in [1.165, 1.54) is 25.1 Å². The summed E-state index contributed by atoms with van der Waals surface area (Å²) in [6, 6.07) is 19.6. The van der Waals surface area contributed by atoms with E-state index in [1.54, 1.807) is 25.1 Å². The van der Waals surface area contributed by atoms with Crippen molar-refractivity contribution in [2.24, 2.45) is 0 Å². The number of imide groups is 1. The number of anilines is 1. The van der Waals surface area contributed by atoms with Gasteiger partial charge >= 0.3 is 5.97 Å². The summed E-state index contributed by atoms with van der Waals surface area (Å²) in [7, 11) is 0. The van der Waals surface area contributed by atoms with Gasteiger partial charge in [-0.25, -0.2) is 9.69 Å². The standard InChI is InChI=1S/C28H24N2O6/c1-17-8-6-7-11-24(17)30-26(33)21-13-12-20(15-22(21)27(30)34)28(35)36-16-25(32)29-23(18(2)31)14-19-9-4-3-5-10-19/h3-13,15,23H,14,16H2,1-2H3,(H,29,32)/t23-/m1/s1. The second-order valence-electron chi connectivity index (χ2n) is 8.49. The number of nitrogens with one attached hydrogen (secondary N) is 1. The topological polar surface area (TPSA) is 110 Å². The zero-order valence-electron chi connectivity index (χ0n) is 19.8. The molecule has 3 aromatic rings. The van der Waals surface area contributed by atoms with E-state index in [-0.39, 0.29) is 22.5 Å². The number of Topliss-reactive ketones (excluding diaryl/α,β-unsaturated/α-hetero) is 1. The number of carbonyl (C=O) groups excluding carboxylic acids is 5. The molecule has 3 aromatic carbocycles. The summed E-state index contributed by atoms with van der Waals surface area (Å²) >= 11 is 0. The predicted molar refractivity (Wildman–Crippen MR) is 132 cm³/mol. The molecule has 0 saturated carbocycles. The van der Waals surface area contributed by atoms with Crippen LogP contribution < -0.4 is 10.2 Å². The Bertz CT molecular complexity index is 1370. The summed E-state index contributed by atoms with van der Waals surface area (Å²) in [4.78, 5) is 63.8. The van der Waals surface area contributed by atoms with E-state index >= 15 is 0 Å². The lowest BCUT2D eigenvalue weighted by Gasteiger charge is -2.16. The Morgan fingerprint density at radius 1 is 0.889 bits per heavy atom. The van der Waals surface area contributed by atoms with Gasteiger partial charge in [-0.3, -0.25) is 19.2 Å². The largest absolute Gasteiger partial charge is 0.452 e. The summed E-state index contributed by atoms with van der Waals surface area (Å²) < 4.78 is 5.10. The zero-order valence-corrected chi connectivity index (χ0v) is 19.8. The van der Waals surface area contributed by atoms with Gasteiger partial charge < -0.3 is 10.1 Å². The van der Waals surface area contributed by atoms with Crippen LogP contribution in [0.2, 0.25) is 0 Å². The molecule has 0 aromatic heterocycles. The van der Waals surface area contributed by atoms with Gasteiger partial charge in [0.15, 0.2) is 12.4 Å². The number of fused-ring (bicyclic) bond motifs is 1. The van der Waals surface area contributed by atoms with Crippen molar-refractivity contribution < 1.29 is 28.7 Å². The Labute approximate surface area is 207 Å². The zero-order chi connectivity index (χ0) is 25.8. The fourth-order valence-corrected chi connectivity index (χ4v) is 4.00. The number of amides is 3. The SMILES string of the molecule is CC(=O)[C@@H](Cc1ccccc1)NC(=O)COC(=O)c1ccc2c(c1)C(=O)N(c1ccccc1C)C2=O. The van der Waals surface area contributed by atoms with E-state index in [9.17, 15) is 24.0 Å². The minimum Gasteiger partial charge on any atom is -0.452 e. The third-order valence-electron chi connectivity index (χ3n) is 5.92. The second kappa shape index (κ2) is 10.4. The summed E-state index contributed by atoms with van der Waals surface area (Å²) in [6.45, 7) is 2.57. The van der Waals surface area contributed by atoms with Crippen LogP contribution >= 0.6 is 0 Å². The average molecular weight is 485 g/mol. The maximum atomic E-state index is 13.0. The number of rotatable bonds is 8. The van der Waals surface area contributed by atoms with Crippen LogP contribution in [-0.4, -0.2) is 42.1 Å². The molecule has 0 saturated heterocycles. The smallest absolute Gasteiger partial charge is 0.338 e. The van der Waals surface area contributed by atoms with Crippen LogP contribution in [0.5, 0.6) is 0 Å². The molecule has 1 heterocycles. The number of hydrogen-bond donors (Lipinski definition) is 1. The van der Waals surface area contributed by atoms with Crippen LogP contribution in [0.25, 0.3) is 0 Å². The molecule has 4 rings (SSSR count).